The van der Waals surface area contributed by atoms with Crippen LogP contribution in [-0.2, 0) is 6.42 Å². The van der Waals surface area contributed by atoms with Gasteiger partial charge in [0.2, 0.25) is 0 Å². The molecule has 2 rings (SSSR count). The van der Waals surface area contributed by atoms with Crippen molar-refractivity contribution in [3.05, 3.63) is 16.2 Å². The second kappa shape index (κ2) is 5.01. The zero-order valence-electron chi connectivity index (χ0n) is 8.23. The molecule has 0 fully saturated rings. The minimum absolute atomic E-state index is 0.675. The summed E-state index contributed by atoms with van der Waals surface area (Å²) >= 11 is 8.90. The third-order valence-electron chi connectivity index (χ3n) is 1.82. The topological polar surface area (TPSA) is 38.7 Å². The van der Waals surface area contributed by atoms with E-state index in [2.05, 4.69) is 15.2 Å². The molecular weight excluding hydrogens is 250 g/mol. The summed E-state index contributed by atoms with van der Waals surface area (Å²) in [5.74, 6) is 0.675. The normalized spacial score (nSPS) is 10.8. The SMILES string of the molecule is Cc1ncc(-c2nnc(CCCCl)s2)s1. The van der Waals surface area contributed by atoms with Crippen molar-refractivity contribution in [1.29, 1.82) is 0 Å². The van der Waals surface area contributed by atoms with Crippen LogP contribution in [0, 0.1) is 6.92 Å². The molecule has 2 aromatic heterocycles. The lowest BCUT2D eigenvalue weighted by Crippen LogP contribution is -1.84. The van der Waals surface area contributed by atoms with Crippen molar-refractivity contribution in [2.75, 3.05) is 5.88 Å². The number of halogens is 1. The number of nitrogens with zero attached hydrogens (tertiary/aromatic N) is 3. The van der Waals surface area contributed by atoms with Crippen LogP contribution in [-0.4, -0.2) is 21.1 Å². The van der Waals surface area contributed by atoms with Crippen LogP contribution >= 0.6 is 34.3 Å². The first-order valence-corrected chi connectivity index (χ1v) is 6.77. The van der Waals surface area contributed by atoms with Gasteiger partial charge in [-0.3, -0.25) is 0 Å². The molecule has 0 amide bonds. The molecule has 15 heavy (non-hydrogen) atoms. The first kappa shape index (κ1) is 11.0. The molecule has 0 saturated carbocycles. The van der Waals surface area contributed by atoms with Gasteiger partial charge in [-0.1, -0.05) is 11.3 Å². The molecule has 0 N–H and O–H groups in total. The molecule has 0 bridgehead atoms. The summed E-state index contributed by atoms with van der Waals surface area (Å²) in [6, 6.07) is 0. The minimum Gasteiger partial charge on any atom is -0.249 e. The Hall–Kier alpha value is -0.520. The van der Waals surface area contributed by atoms with Crippen LogP contribution in [0.25, 0.3) is 9.88 Å². The van der Waals surface area contributed by atoms with Gasteiger partial charge in [0, 0.05) is 18.5 Å². The van der Waals surface area contributed by atoms with E-state index >= 15 is 0 Å². The van der Waals surface area contributed by atoms with Crippen molar-refractivity contribution in [2.24, 2.45) is 0 Å². The summed E-state index contributed by atoms with van der Waals surface area (Å²) in [7, 11) is 0. The molecule has 0 unspecified atom stereocenters. The van der Waals surface area contributed by atoms with E-state index in [0.717, 1.165) is 32.7 Å². The molecule has 0 aromatic carbocycles. The monoisotopic (exact) mass is 259 g/mol. The van der Waals surface area contributed by atoms with E-state index in [4.69, 9.17) is 11.6 Å². The summed E-state index contributed by atoms with van der Waals surface area (Å²) in [5.41, 5.74) is 0. The summed E-state index contributed by atoms with van der Waals surface area (Å²) < 4.78 is 0. The average molecular weight is 260 g/mol. The second-order valence-electron chi connectivity index (χ2n) is 3.04. The Kier molecular flexibility index (Phi) is 3.66. The summed E-state index contributed by atoms with van der Waals surface area (Å²) in [6.45, 7) is 1.99. The van der Waals surface area contributed by atoms with Gasteiger partial charge in [0.15, 0.2) is 5.01 Å². The number of thiazole rings is 1. The third-order valence-corrected chi connectivity index (χ3v) is 4.16. The lowest BCUT2D eigenvalue weighted by atomic mass is 10.4. The number of aromatic nitrogens is 3. The van der Waals surface area contributed by atoms with Crippen molar-refractivity contribution >= 4 is 34.3 Å². The number of hydrogen-bond donors (Lipinski definition) is 0. The van der Waals surface area contributed by atoms with E-state index in [1.807, 2.05) is 13.1 Å². The second-order valence-corrected chi connectivity index (χ2v) is 5.71. The molecule has 0 spiro atoms. The van der Waals surface area contributed by atoms with Crippen molar-refractivity contribution in [1.82, 2.24) is 15.2 Å². The molecule has 0 aliphatic carbocycles. The zero-order chi connectivity index (χ0) is 10.7. The largest absolute Gasteiger partial charge is 0.249 e. The number of rotatable bonds is 4. The molecule has 0 aliphatic heterocycles. The van der Waals surface area contributed by atoms with Gasteiger partial charge in [-0.15, -0.1) is 33.1 Å². The first-order valence-electron chi connectivity index (χ1n) is 4.61. The highest BCUT2D eigenvalue weighted by atomic mass is 35.5. The van der Waals surface area contributed by atoms with E-state index in [1.165, 1.54) is 0 Å². The maximum Gasteiger partial charge on any atom is 0.159 e. The average Bonchev–Trinajstić information content (AvgIpc) is 2.83. The first-order chi connectivity index (χ1) is 7.29. The predicted octanol–water partition coefficient (Wildman–Crippen LogP) is 3.14. The Balaban J connectivity index is 2.13. The van der Waals surface area contributed by atoms with E-state index < -0.39 is 0 Å². The molecule has 0 radical (unpaired) electrons. The Morgan fingerprint density at radius 3 is 2.87 bits per heavy atom. The maximum atomic E-state index is 5.63. The van der Waals surface area contributed by atoms with Gasteiger partial charge in [0.05, 0.1) is 9.88 Å². The smallest absolute Gasteiger partial charge is 0.159 e. The van der Waals surface area contributed by atoms with Crippen LogP contribution in [0.3, 0.4) is 0 Å². The van der Waals surface area contributed by atoms with E-state index in [0.29, 0.717) is 5.88 Å². The highest BCUT2D eigenvalue weighted by Gasteiger charge is 2.08. The molecular formula is C9H10ClN3S2. The highest BCUT2D eigenvalue weighted by Crippen LogP contribution is 2.28. The van der Waals surface area contributed by atoms with Crippen molar-refractivity contribution in [3.8, 4) is 9.88 Å². The van der Waals surface area contributed by atoms with Gasteiger partial charge < -0.3 is 0 Å². The van der Waals surface area contributed by atoms with Crippen LogP contribution < -0.4 is 0 Å². The molecule has 2 aromatic rings. The Morgan fingerprint density at radius 1 is 1.33 bits per heavy atom. The van der Waals surface area contributed by atoms with Gasteiger partial charge in [-0.25, -0.2) is 4.98 Å². The van der Waals surface area contributed by atoms with E-state index in [1.54, 1.807) is 22.7 Å². The van der Waals surface area contributed by atoms with E-state index in [-0.39, 0.29) is 0 Å². The molecule has 2 heterocycles. The van der Waals surface area contributed by atoms with Crippen LogP contribution in [0.5, 0.6) is 0 Å². The van der Waals surface area contributed by atoms with E-state index in [9.17, 15) is 0 Å². The number of aryl methyl sites for hydroxylation is 2. The molecule has 0 aliphatic rings. The zero-order valence-corrected chi connectivity index (χ0v) is 10.6. The van der Waals surface area contributed by atoms with Crippen molar-refractivity contribution in [3.63, 3.8) is 0 Å². The fourth-order valence-electron chi connectivity index (χ4n) is 1.13. The molecule has 0 saturated heterocycles. The van der Waals surface area contributed by atoms with Crippen LogP contribution in [0.15, 0.2) is 6.20 Å². The molecule has 80 valence electrons. The molecule has 0 atom stereocenters. The number of alkyl halides is 1. The van der Waals surface area contributed by atoms with Crippen molar-refractivity contribution < 1.29 is 0 Å². The van der Waals surface area contributed by atoms with Gasteiger partial charge in [0.25, 0.3) is 0 Å². The minimum atomic E-state index is 0.675. The van der Waals surface area contributed by atoms with Gasteiger partial charge in [-0.2, -0.15) is 0 Å². The fourth-order valence-corrected chi connectivity index (χ4v) is 2.96. The third kappa shape index (κ3) is 2.74. The van der Waals surface area contributed by atoms with Gasteiger partial charge in [-0.05, 0) is 13.3 Å². The van der Waals surface area contributed by atoms with Crippen LogP contribution in [0.1, 0.15) is 16.4 Å². The van der Waals surface area contributed by atoms with Crippen LogP contribution in [0.4, 0.5) is 0 Å². The Morgan fingerprint density at radius 2 is 2.20 bits per heavy atom. The van der Waals surface area contributed by atoms with Crippen molar-refractivity contribution in [2.45, 2.75) is 19.8 Å². The predicted molar refractivity (Wildman–Crippen MR) is 64.8 cm³/mol. The lowest BCUT2D eigenvalue weighted by Gasteiger charge is -1.87. The van der Waals surface area contributed by atoms with Crippen LogP contribution in [0.2, 0.25) is 0 Å². The van der Waals surface area contributed by atoms with Gasteiger partial charge >= 0.3 is 0 Å². The number of hydrogen-bond acceptors (Lipinski definition) is 5. The fraction of sp³-hybridized carbons (Fsp3) is 0.444. The molecule has 6 heteroatoms. The summed E-state index contributed by atoms with van der Waals surface area (Å²) in [5, 5.41) is 11.4. The lowest BCUT2D eigenvalue weighted by molar-refractivity contribution is 0.884. The highest BCUT2D eigenvalue weighted by molar-refractivity contribution is 7.21. The Labute approximate surface area is 101 Å². The molecule has 3 nitrogen and oxygen atoms in total. The van der Waals surface area contributed by atoms with Gasteiger partial charge in [0.1, 0.15) is 5.01 Å². The summed E-state index contributed by atoms with van der Waals surface area (Å²) in [6.07, 6.45) is 3.72. The standard InChI is InChI=1S/C9H10ClN3S2/c1-6-11-5-7(14-6)9-13-12-8(15-9)3-2-4-10/h5H,2-4H2,1H3. The summed E-state index contributed by atoms with van der Waals surface area (Å²) in [4.78, 5) is 5.30. The Bertz CT molecular complexity index is 438. The quantitative estimate of drug-likeness (QED) is 0.792. The maximum absolute atomic E-state index is 5.63.